The van der Waals surface area contributed by atoms with Crippen molar-refractivity contribution in [3.63, 3.8) is 0 Å². The molecule has 2 aromatic rings. The van der Waals surface area contributed by atoms with Gasteiger partial charge in [0.05, 0.1) is 12.6 Å². The minimum atomic E-state index is -0.188. The van der Waals surface area contributed by atoms with Crippen molar-refractivity contribution in [1.82, 2.24) is 25.5 Å². The van der Waals surface area contributed by atoms with Crippen molar-refractivity contribution in [2.24, 2.45) is 0 Å². The van der Waals surface area contributed by atoms with Crippen molar-refractivity contribution < 1.29 is 9.53 Å². The summed E-state index contributed by atoms with van der Waals surface area (Å²) in [7, 11) is 0. The van der Waals surface area contributed by atoms with Crippen LogP contribution in [-0.2, 0) is 11.3 Å². The van der Waals surface area contributed by atoms with Gasteiger partial charge < -0.3 is 10.1 Å². The predicted molar refractivity (Wildman–Crippen MR) is 83.8 cm³/mol. The lowest BCUT2D eigenvalue weighted by atomic mass is 10.2. The van der Waals surface area contributed by atoms with Crippen LogP contribution in [0.4, 0.5) is 0 Å². The van der Waals surface area contributed by atoms with Crippen molar-refractivity contribution in [2.75, 3.05) is 6.61 Å². The second-order valence-electron chi connectivity index (χ2n) is 5.86. The third-order valence-electron chi connectivity index (χ3n) is 4.07. The molecule has 0 bridgehead atoms. The summed E-state index contributed by atoms with van der Waals surface area (Å²) in [6.07, 6.45) is 4.62. The molecule has 1 amide bonds. The monoisotopic (exact) mass is 315 g/mol. The number of hydrogen-bond donors (Lipinski definition) is 1. The summed E-state index contributed by atoms with van der Waals surface area (Å²) in [4.78, 5) is 11.9. The maximum Gasteiger partial charge on any atom is 0.258 e. The summed E-state index contributed by atoms with van der Waals surface area (Å²) >= 11 is 0. The third kappa shape index (κ3) is 4.06. The standard InChI is InChI=1S/C16H21N5O2/c1-12-6-8-14(9-7-12)23-11-16(22)17-10-15-18-19-20-21(15)13-4-2-3-5-13/h6-9,13H,2-5,10-11H2,1H3,(H,17,22). The molecule has 23 heavy (non-hydrogen) atoms. The van der Waals surface area contributed by atoms with E-state index in [2.05, 4.69) is 20.8 Å². The van der Waals surface area contributed by atoms with Crippen LogP contribution in [0.2, 0.25) is 0 Å². The van der Waals surface area contributed by atoms with Gasteiger partial charge in [-0.25, -0.2) is 4.68 Å². The van der Waals surface area contributed by atoms with Gasteiger partial charge in [0.1, 0.15) is 5.75 Å². The number of ether oxygens (including phenoxy) is 1. The molecule has 1 aliphatic carbocycles. The Morgan fingerprint density at radius 2 is 2.04 bits per heavy atom. The van der Waals surface area contributed by atoms with E-state index in [1.54, 1.807) is 0 Å². The quantitative estimate of drug-likeness (QED) is 0.879. The predicted octanol–water partition coefficient (Wildman–Crippen LogP) is 1.79. The minimum absolute atomic E-state index is 0.0198. The van der Waals surface area contributed by atoms with Gasteiger partial charge in [-0.2, -0.15) is 0 Å². The maximum absolute atomic E-state index is 11.9. The number of aryl methyl sites for hydroxylation is 1. The number of carbonyl (C=O) groups is 1. The molecular formula is C16H21N5O2. The molecule has 122 valence electrons. The van der Waals surface area contributed by atoms with Gasteiger partial charge in [0, 0.05) is 0 Å². The van der Waals surface area contributed by atoms with Gasteiger partial charge in [0.15, 0.2) is 12.4 Å². The Morgan fingerprint density at radius 1 is 1.30 bits per heavy atom. The summed E-state index contributed by atoms with van der Waals surface area (Å²) in [6.45, 7) is 2.30. The summed E-state index contributed by atoms with van der Waals surface area (Å²) < 4.78 is 7.29. The molecule has 1 saturated carbocycles. The highest BCUT2D eigenvalue weighted by Gasteiger charge is 2.21. The lowest BCUT2D eigenvalue weighted by Crippen LogP contribution is -2.30. The van der Waals surface area contributed by atoms with Gasteiger partial charge >= 0.3 is 0 Å². The molecule has 0 radical (unpaired) electrons. The molecule has 1 aliphatic rings. The second kappa shape index (κ2) is 7.21. The first-order valence-corrected chi connectivity index (χ1v) is 7.95. The van der Waals surface area contributed by atoms with Gasteiger partial charge in [-0.3, -0.25) is 4.79 Å². The lowest BCUT2D eigenvalue weighted by Gasteiger charge is -2.12. The van der Waals surface area contributed by atoms with Crippen molar-refractivity contribution in [3.8, 4) is 5.75 Å². The molecule has 0 atom stereocenters. The summed E-state index contributed by atoms with van der Waals surface area (Å²) in [5.74, 6) is 1.19. The molecule has 0 saturated heterocycles. The molecule has 1 heterocycles. The lowest BCUT2D eigenvalue weighted by molar-refractivity contribution is -0.123. The Kier molecular flexibility index (Phi) is 4.85. The van der Waals surface area contributed by atoms with E-state index in [1.807, 2.05) is 35.9 Å². The Hall–Kier alpha value is -2.44. The van der Waals surface area contributed by atoms with Crippen molar-refractivity contribution >= 4 is 5.91 Å². The summed E-state index contributed by atoms with van der Waals surface area (Å²) in [5.41, 5.74) is 1.15. The molecule has 0 spiro atoms. The number of nitrogens with one attached hydrogen (secondary N) is 1. The molecule has 7 heteroatoms. The second-order valence-corrected chi connectivity index (χ2v) is 5.86. The van der Waals surface area contributed by atoms with Crippen LogP contribution >= 0.6 is 0 Å². The highest BCUT2D eigenvalue weighted by Crippen LogP contribution is 2.28. The topological polar surface area (TPSA) is 81.9 Å². The molecule has 1 aromatic heterocycles. The van der Waals surface area contributed by atoms with Crippen LogP contribution in [0.15, 0.2) is 24.3 Å². The first-order valence-electron chi connectivity index (χ1n) is 7.95. The first kappa shape index (κ1) is 15.5. The third-order valence-corrected chi connectivity index (χ3v) is 4.07. The molecular weight excluding hydrogens is 294 g/mol. The first-order chi connectivity index (χ1) is 11.2. The Morgan fingerprint density at radius 3 is 2.78 bits per heavy atom. The van der Waals surface area contributed by atoms with Gasteiger partial charge in [-0.05, 0) is 42.3 Å². The fourth-order valence-electron chi connectivity index (χ4n) is 2.77. The Balaban J connectivity index is 1.47. The number of rotatable bonds is 6. The number of nitrogens with zero attached hydrogens (tertiary/aromatic N) is 4. The number of amides is 1. The molecule has 1 aromatic carbocycles. The zero-order chi connectivity index (χ0) is 16.1. The SMILES string of the molecule is Cc1ccc(OCC(=O)NCc2nnnn2C2CCCC2)cc1. The van der Waals surface area contributed by atoms with E-state index in [0.717, 1.165) is 18.4 Å². The van der Waals surface area contributed by atoms with E-state index in [1.165, 1.54) is 12.8 Å². The van der Waals surface area contributed by atoms with Crippen LogP contribution in [0.3, 0.4) is 0 Å². The summed E-state index contributed by atoms with van der Waals surface area (Å²) in [5, 5.41) is 14.6. The number of benzene rings is 1. The van der Waals surface area contributed by atoms with Gasteiger partial charge in [-0.15, -0.1) is 5.10 Å². The normalized spacial score (nSPS) is 14.8. The fraction of sp³-hybridized carbons (Fsp3) is 0.500. The van der Waals surface area contributed by atoms with E-state index >= 15 is 0 Å². The van der Waals surface area contributed by atoms with Gasteiger partial charge in [0.2, 0.25) is 0 Å². The number of tetrazole rings is 1. The maximum atomic E-state index is 11.9. The number of aromatic nitrogens is 4. The van der Waals surface area contributed by atoms with Gasteiger partial charge in [0.25, 0.3) is 5.91 Å². The van der Waals surface area contributed by atoms with Gasteiger partial charge in [-0.1, -0.05) is 30.5 Å². The Labute approximate surface area is 135 Å². The van der Waals surface area contributed by atoms with E-state index in [4.69, 9.17) is 4.74 Å². The van der Waals surface area contributed by atoms with E-state index < -0.39 is 0 Å². The van der Waals surface area contributed by atoms with E-state index in [9.17, 15) is 4.79 Å². The van der Waals surface area contributed by atoms with Crippen LogP contribution < -0.4 is 10.1 Å². The number of carbonyl (C=O) groups excluding carboxylic acids is 1. The van der Waals surface area contributed by atoms with E-state index in [-0.39, 0.29) is 12.5 Å². The van der Waals surface area contributed by atoms with Crippen molar-refractivity contribution in [2.45, 2.75) is 45.2 Å². The molecule has 0 aliphatic heterocycles. The number of hydrogen-bond acceptors (Lipinski definition) is 5. The molecule has 0 unspecified atom stereocenters. The highest BCUT2D eigenvalue weighted by atomic mass is 16.5. The van der Waals surface area contributed by atoms with Crippen LogP contribution in [0, 0.1) is 6.92 Å². The van der Waals surface area contributed by atoms with Crippen molar-refractivity contribution in [3.05, 3.63) is 35.7 Å². The van der Waals surface area contributed by atoms with Crippen LogP contribution in [0.5, 0.6) is 5.75 Å². The summed E-state index contributed by atoms with van der Waals surface area (Å²) in [6, 6.07) is 7.96. The van der Waals surface area contributed by atoms with Crippen LogP contribution in [-0.4, -0.2) is 32.7 Å². The molecule has 7 nitrogen and oxygen atoms in total. The largest absolute Gasteiger partial charge is 0.484 e. The molecule has 1 N–H and O–H groups in total. The molecule has 3 rings (SSSR count). The molecule has 1 fully saturated rings. The van der Waals surface area contributed by atoms with Crippen LogP contribution in [0.1, 0.15) is 43.1 Å². The van der Waals surface area contributed by atoms with E-state index in [0.29, 0.717) is 24.2 Å². The minimum Gasteiger partial charge on any atom is -0.484 e. The fourth-order valence-corrected chi connectivity index (χ4v) is 2.77. The van der Waals surface area contributed by atoms with Crippen LogP contribution in [0.25, 0.3) is 0 Å². The zero-order valence-corrected chi connectivity index (χ0v) is 13.2. The average Bonchev–Trinajstić information content (AvgIpc) is 3.23. The average molecular weight is 315 g/mol. The smallest absolute Gasteiger partial charge is 0.258 e. The highest BCUT2D eigenvalue weighted by molar-refractivity contribution is 5.77. The zero-order valence-electron chi connectivity index (χ0n) is 13.2. The Bertz CT molecular complexity index is 647. The van der Waals surface area contributed by atoms with Crippen molar-refractivity contribution in [1.29, 1.82) is 0 Å².